The molecule has 0 aliphatic rings. The van der Waals surface area contributed by atoms with Gasteiger partial charge in [0.25, 0.3) is 0 Å². The Hall–Kier alpha value is -1.60. The molecule has 0 spiro atoms. The van der Waals surface area contributed by atoms with Gasteiger partial charge < -0.3 is 20.5 Å². The predicted octanol–water partition coefficient (Wildman–Crippen LogP) is 2.78. The zero-order valence-corrected chi connectivity index (χ0v) is 12.6. The molecule has 1 amide bonds. The first-order valence-corrected chi connectivity index (χ1v) is 6.10. The number of methoxy groups -OCH3 is 1. The normalized spacial score (nSPS) is 11.5. The van der Waals surface area contributed by atoms with Crippen LogP contribution in [-0.2, 0) is 4.79 Å². The van der Waals surface area contributed by atoms with Crippen molar-refractivity contribution in [3.63, 3.8) is 0 Å². The maximum absolute atomic E-state index is 12.3. The van der Waals surface area contributed by atoms with Gasteiger partial charge in [-0.3, -0.25) is 4.79 Å². The predicted molar refractivity (Wildman–Crippen MR) is 78.4 cm³/mol. The molecule has 0 bridgehead atoms. The maximum Gasteiger partial charge on any atom is 0.387 e. The van der Waals surface area contributed by atoms with Crippen LogP contribution in [0.15, 0.2) is 18.2 Å². The van der Waals surface area contributed by atoms with Gasteiger partial charge in [-0.25, -0.2) is 0 Å². The lowest BCUT2D eigenvalue weighted by Gasteiger charge is -2.13. The molecule has 5 nitrogen and oxygen atoms in total. The second-order valence-corrected chi connectivity index (χ2v) is 4.30. The van der Waals surface area contributed by atoms with E-state index in [-0.39, 0.29) is 42.2 Å². The van der Waals surface area contributed by atoms with E-state index in [2.05, 4.69) is 10.1 Å². The van der Waals surface area contributed by atoms with E-state index in [1.165, 1.54) is 25.3 Å². The third-order valence-electron chi connectivity index (χ3n) is 2.50. The molecule has 0 aliphatic heterocycles. The fraction of sp³-hybridized carbons (Fsp3) is 0.462. The average Bonchev–Trinajstić information content (AvgIpc) is 2.38. The van der Waals surface area contributed by atoms with Crippen molar-refractivity contribution in [3.05, 3.63) is 18.2 Å². The number of alkyl halides is 2. The van der Waals surface area contributed by atoms with Crippen molar-refractivity contribution in [1.29, 1.82) is 0 Å². The molecular weight excluding hydrogens is 306 g/mol. The molecule has 0 saturated carbocycles. The molecule has 1 atom stereocenters. The molecule has 0 heterocycles. The van der Waals surface area contributed by atoms with Crippen molar-refractivity contribution in [3.8, 4) is 11.5 Å². The largest absolute Gasteiger partial charge is 0.497 e. The van der Waals surface area contributed by atoms with Gasteiger partial charge in [0.15, 0.2) is 0 Å². The quantitative estimate of drug-likeness (QED) is 0.809. The highest BCUT2D eigenvalue weighted by Gasteiger charge is 2.13. The van der Waals surface area contributed by atoms with Gasteiger partial charge in [0, 0.05) is 18.5 Å². The van der Waals surface area contributed by atoms with Gasteiger partial charge in [0.05, 0.1) is 12.8 Å². The fourth-order valence-electron chi connectivity index (χ4n) is 1.50. The molecule has 120 valence electrons. The zero-order chi connectivity index (χ0) is 15.1. The maximum atomic E-state index is 12.3. The lowest BCUT2D eigenvalue weighted by Crippen LogP contribution is -2.20. The van der Waals surface area contributed by atoms with Crippen LogP contribution < -0.4 is 20.5 Å². The zero-order valence-electron chi connectivity index (χ0n) is 11.8. The number of nitrogens with two attached hydrogens (primary N) is 1. The Balaban J connectivity index is 0.00000400. The van der Waals surface area contributed by atoms with Crippen LogP contribution in [0, 0.1) is 0 Å². The van der Waals surface area contributed by atoms with E-state index >= 15 is 0 Å². The minimum Gasteiger partial charge on any atom is -0.497 e. The second kappa shape index (κ2) is 9.36. The van der Waals surface area contributed by atoms with Crippen LogP contribution in [0.2, 0.25) is 0 Å². The Morgan fingerprint density at radius 2 is 2.10 bits per heavy atom. The summed E-state index contributed by atoms with van der Waals surface area (Å²) in [6.45, 7) is -1.19. The number of carbonyl (C=O) groups excluding carboxylic acids is 1. The molecule has 1 aromatic rings. The van der Waals surface area contributed by atoms with Crippen molar-refractivity contribution in [2.24, 2.45) is 5.73 Å². The van der Waals surface area contributed by atoms with Gasteiger partial charge in [0.1, 0.15) is 11.5 Å². The number of hydrogen-bond acceptors (Lipinski definition) is 4. The minimum absolute atomic E-state index is 0. The van der Waals surface area contributed by atoms with Crippen LogP contribution in [0.5, 0.6) is 11.5 Å². The number of carbonyl (C=O) groups is 1. The second-order valence-electron chi connectivity index (χ2n) is 4.30. The third-order valence-corrected chi connectivity index (χ3v) is 2.50. The standard InChI is InChI=1S/C13H18F2N2O3.ClH/c1-8(16)3-6-12(18)17-10-7-9(19-2)4-5-11(10)20-13(14)15;/h4-5,7-8,13H,3,6,16H2,1-2H3,(H,17,18);1H. The van der Waals surface area contributed by atoms with Crippen molar-refractivity contribution in [2.75, 3.05) is 12.4 Å². The molecule has 0 radical (unpaired) electrons. The molecular formula is C13H19ClF2N2O3. The van der Waals surface area contributed by atoms with Crippen molar-refractivity contribution < 1.29 is 23.0 Å². The summed E-state index contributed by atoms with van der Waals surface area (Å²) in [5, 5.41) is 2.51. The van der Waals surface area contributed by atoms with E-state index in [0.29, 0.717) is 12.2 Å². The van der Waals surface area contributed by atoms with E-state index in [0.717, 1.165) is 0 Å². The Kier molecular flexibility index (Phi) is 8.64. The third kappa shape index (κ3) is 7.10. The molecule has 1 aromatic carbocycles. The van der Waals surface area contributed by atoms with Crippen molar-refractivity contribution in [2.45, 2.75) is 32.4 Å². The van der Waals surface area contributed by atoms with Gasteiger partial charge in [-0.1, -0.05) is 0 Å². The molecule has 1 rings (SSSR count). The van der Waals surface area contributed by atoms with Gasteiger partial charge in [0.2, 0.25) is 5.91 Å². The van der Waals surface area contributed by atoms with Crippen LogP contribution >= 0.6 is 12.4 Å². The van der Waals surface area contributed by atoms with Crippen LogP contribution in [0.4, 0.5) is 14.5 Å². The molecule has 0 fully saturated rings. The van der Waals surface area contributed by atoms with E-state index in [1.54, 1.807) is 6.92 Å². The Morgan fingerprint density at radius 3 is 2.62 bits per heavy atom. The average molecular weight is 325 g/mol. The highest BCUT2D eigenvalue weighted by Crippen LogP contribution is 2.30. The molecule has 21 heavy (non-hydrogen) atoms. The first-order chi connectivity index (χ1) is 9.42. The number of benzene rings is 1. The number of rotatable bonds is 7. The Labute approximate surface area is 128 Å². The topological polar surface area (TPSA) is 73.6 Å². The molecule has 0 saturated heterocycles. The lowest BCUT2D eigenvalue weighted by atomic mass is 10.2. The number of ether oxygens (including phenoxy) is 2. The fourth-order valence-corrected chi connectivity index (χ4v) is 1.50. The molecule has 0 aliphatic carbocycles. The Bertz CT molecular complexity index is 459. The summed E-state index contributed by atoms with van der Waals surface area (Å²) in [6.07, 6.45) is 0.698. The number of nitrogens with one attached hydrogen (secondary N) is 1. The van der Waals surface area contributed by atoms with Gasteiger partial charge >= 0.3 is 6.61 Å². The van der Waals surface area contributed by atoms with E-state index in [4.69, 9.17) is 10.5 Å². The molecule has 3 N–H and O–H groups in total. The van der Waals surface area contributed by atoms with Gasteiger partial charge in [-0.05, 0) is 25.5 Å². The first-order valence-electron chi connectivity index (χ1n) is 6.10. The summed E-state index contributed by atoms with van der Waals surface area (Å²) in [6, 6.07) is 4.09. The minimum atomic E-state index is -2.97. The van der Waals surface area contributed by atoms with Crippen LogP contribution in [0.25, 0.3) is 0 Å². The summed E-state index contributed by atoms with van der Waals surface area (Å²) in [5.41, 5.74) is 5.69. The van der Waals surface area contributed by atoms with Crippen LogP contribution in [0.3, 0.4) is 0 Å². The monoisotopic (exact) mass is 324 g/mol. The number of hydrogen-bond donors (Lipinski definition) is 2. The number of amides is 1. The van der Waals surface area contributed by atoms with Crippen LogP contribution in [-0.4, -0.2) is 25.7 Å². The molecule has 0 aromatic heterocycles. The number of halogens is 3. The SMILES string of the molecule is COc1ccc(OC(F)F)c(NC(=O)CCC(C)N)c1.Cl. The lowest BCUT2D eigenvalue weighted by molar-refractivity contribution is -0.116. The first kappa shape index (κ1) is 19.4. The Morgan fingerprint density at radius 1 is 1.43 bits per heavy atom. The summed E-state index contributed by atoms with van der Waals surface area (Å²) < 4.78 is 33.9. The van der Waals surface area contributed by atoms with Gasteiger partial charge in [-0.2, -0.15) is 8.78 Å². The summed E-state index contributed by atoms with van der Waals surface area (Å²) in [4.78, 5) is 11.7. The highest BCUT2D eigenvalue weighted by atomic mass is 35.5. The van der Waals surface area contributed by atoms with E-state index < -0.39 is 6.61 Å². The van der Waals surface area contributed by atoms with Crippen molar-refractivity contribution >= 4 is 24.0 Å². The summed E-state index contributed by atoms with van der Waals surface area (Å²) in [5.74, 6) is -0.0151. The smallest absolute Gasteiger partial charge is 0.387 e. The number of anilines is 1. The summed E-state index contributed by atoms with van der Waals surface area (Å²) in [7, 11) is 1.44. The van der Waals surface area contributed by atoms with E-state index in [1.807, 2.05) is 0 Å². The molecule has 8 heteroatoms. The van der Waals surface area contributed by atoms with Crippen LogP contribution in [0.1, 0.15) is 19.8 Å². The van der Waals surface area contributed by atoms with Crippen molar-refractivity contribution in [1.82, 2.24) is 0 Å². The molecule has 1 unspecified atom stereocenters. The van der Waals surface area contributed by atoms with Gasteiger partial charge in [-0.15, -0.1) is 12.4 Å². The van der Waals surface area contributed by atoms with E-state index in [9.17, 15) is 13.6 Å². The summed E-state index contributed by atoms with van der Waals surface area (Å²) >= 11 is 0. The highest BCUT2D eigenvalue weighted by molar-refractivity contribution is 5.92.